The zero-order chi connectivity index (χ0) is 50.0. The van der Waals surface area contributed by atoms with Crippen molar-refractivity contribution in [2.45, 2.75) is 361 Å². The zero-order valence-corrected chi connectivity index (χ0v) is 46.9. The number of carbonyl (C=O) groups is 3. The SMILES string of the molecule is CCCCCCCC/C=C\CCCCCCCCCC(=O)OC(COC(=O)CCCCCCCCCCCCCC)COC(=O)CCCCCCCCCCCCCCCCCCCCCCCC. The molecule has 1 unspecified atom stereocenters. The summed E-state index contributed by atoms with van der Waals surface area (Å²) in [6.45, 7) is 6.70. The van der Waals surface area contributed by atoms with Crippen molar-refractivity contribution in [1.82, 2.24) is 0 Å². The lowest BCUT2D eigenvalue weighted by Crippen LogP contribution is -2.30. The number of unbranched alkanes of at least 4 members (excludes halogenated alkanes) is 45. The standard InChI is InChI=1S/C63H120O6/c1-4-7-10-13-16-19-22-25-27-29-30-31-32-33-35-36-38-41-44-47-50-53-56-62(65)68-59-60(58-67-61(64)55-52-49-46-43-40-24-21-18-15-12-9-6-3)69-63(66)57-54-51-48-45-42-39-37-34-28-26-23-20-17-14-11-8-5-2/h26,28,60H,4-25,27,29-59H2,1-3H3/b28-26-. The molecule has 0 saturated carbocycles. The molecule has 0 fully saturated rings. The molecule has 0 saturated heterocycles. The molecule has 0 heterocycles. The van der Waals surface area contributed by atoms with E-state index in [9.17, 15) is 14.4 Å². The van der Waals surface area contributed by atoms with Crippen LogP contribution < -0.4 is 0 Å². The molecule has 0 aromatic heterocycles. The van der Waals surface area contributed by atoms with Crippen molar-refractivity contribution in [2.75, 3.05) is 13.2 Å². The lowest BCUT2D eigenvalue weighted by molar-refractivity contribution is -0.167. The van der Waals surface area contributed by atoms with Gasteiger partial charge in [0, 0.05) is 19.3 Å². The highest BCUT2D eigenvalue weighted by atomic mass is 16.6. The van der Waals surface area contributed by atoms with E-state index in [-0.39, 0.29) is 31.1 Å². The molecule has 0 rings (SSSR count). The van der Waals surface area contributed by atoms with E-state index < -0.39 is 6.10 Å². The predicted octanol–water partition coefficient (Wildman–Crippen LogP) is 20.9. The molecule has 1 atom stereocenters. The molecule has 0 radical (unpaired) electrons. The van der Waals surface area contributed by atoms with Gasteiger partial charge in [0.15, 0.2) is 6.10 Å². The Bertz CT molecular complexity index is 1070. The first-order chi connectivity index (χ1) is 34.0. The lowest BCUT2D eigenvalue weighted by Gasteiger charge is -2.18. The van der Waals surface area contributed by atoms with Crippen LogP contribution in [0.2, 0.25) is 0 Å². The zero-order valence-electron chi connectivity index (χ0n) is 46.9. The maximum atomic E-state index is 12.9. The number of hydrogen-bond donors (Lipinski definition) is 0. The van der Waals surface area contributed by atoms with E-state index in [1.165, 1.54) is 257 Å². The van der Waals surface area contributed by atoms with Crippen LogP contribution in [0.3, 0.4) is 0 Å². The van der Waals surface area contributed by atoms with Gasteiger partial charge in [-0.1, -0.05) is 303 Å². The van der Waals surface area contributed by atoms with Gasteiger partial charge in [0.25, 0.3) is 0 Å². The maximum absolute atomic E-state index is 12.9. The van der Waals surface area contributed by atoms with Crippen LogP contribution in [0.1, 0.15) is 355 Å². The van der Waals surface area contributed by atoms with Gasteiger partial charge < -0.3 is 14.2 Å². The average Bonchev–Trinajstić information content (AvgIpc) is 3.35. The Kier molecular flexibility index (Phi) is 57.1. The van der Waals surface area contributed by atoms with Crippen molar-refractivity contribution in [3.63, 3.8) is 0 Å². The molecule has 0 bridgehead atoms. The Balaban J connectivity index is 4.24. The Morgan fingerprint density at radius 2 is 0.478 bits per heavy atom. The van der Waals surface area contributed by atoms with Crippen LogP contribution in [-0.2, 0) is 28.6 Å². The van der Waals surface area contributed by atoms with Gasteiger partial charge >= 0.3 is 17.9 Å². The molecular formula is C63H120O6. The molecule has 69 heavy (non-hydrogen) atoms. The predicted molar refractivity (Wildman–Crippen MR) is 298 cm³/mol. The highest BCUT2D eigenvalue weighted by Gasteiger charge is 2.19. The van der Waals surface area contributed by atoms with Crippen LogP contribution in [0, 0.1) is 0 Å². The first-order valence-corrected chi connectivity index (χ1v) is 31.2. The van der Waals surface area contributed by atoms with Crippen LogP contribution in [-0.4, -0.2) is 37.2 Å². The minimum absolute atomic E-state index is 0.0655. The van der Waals surface area contributed by atoms with Gasteiger partial charge in [0.1, 0.15) is 13.2 Å². The first kappa shape index (κ1) is 67.1. The molecule has 0 aliphatic rings. The van der Waals surface area contributed by atoms with Gasteiger partial charge in [0.05, 0.1) is 0 Å². The first-order valence-electron chi connectivity index (χ1n) is 31.2. The van der Waals surface area contributed by atoms with Crippen molar-refractivity contribution in [1.29, 1.82) is 0 Å². The van der Waals surface area contributed by atoms with Gasteiger partial charge in [0.2, 0.25) is 0 Å². The molecule has 0 N–H and O–H groups in total. The van der Waals surface area contributed by atoms with E-state index in [4.69, 9.17) is 14.2 Å². The quantitative estimate of drug-likeness (QED) is 0.0261. The summed E-state index contributed by atoms with van der Waals surface area (Å²) in [6.07, 6.45) is 67.9. The number of carbonyl (C=O) groups excluding carboxylic acids is 3. The van der Waals surface area contributed by atoms with Gasteiger partial charge in [-0.2, -0.15) is 0 Å². The second-order valence-electron chi connectivity index (χ2n) is 21.3. The number of hydrogen-bond acceptors (Lipinski definition) is 6. The van der Waals surface area contributed by atoms with Gasteiger partial charge in [-0.25, -0.2) is 0 Å². The summed E-state index contributed by atoms with van der Waals surface area (Å²) in [5.74, 6) is -0.843. The molecule has 6 heteroatoms. The van der Waals surface area contributed by atoms with Crippen LogP contribution in [0.4, 0.5) is 0 Å². The molecular weight excluding hydrogens is 853 g/mol. The third-order valence-corrected chi connectivity index (χ3v) is 14.3. The van der Waals surface area contributed by atoms with E-state index >= 15 is 0 Å². The average molecular weight is 974 g/mol. The Labute approximate surface area is 431 Å². The van der Waals surface area contributed by atoms with Gasteiger partial charge in [-0.15, -0.1) is 0 Å². The van der Waals surface area contributed by atoms with E-state index in [2.05, 4.69) is 32.9 Å². The summed E-state index contributed by atoms with van der Waals surface area (Å²) >= 11 is 0. The number of esters is 3. The normalized spacial score (nSPS) is 12.0. The van der Waals surface area contributed by atoms with Crippen molar-refractivity contribution >= 4 is 17.9 Å². The highest BCUT2D eigenvalue weighted by Crippen LogP contribution is 2.18. The van der Waals surface area contributed by atoms with Gasteiger partial charge in [-0.3, -0.25) is 14.4 Å². The lowest BCUT2D eigenvalue weighted by atomic mass is 10.0. The molecule has 0 aromatic carbocycles. The number of rotatable bonds is 58. The van der Waals surface area contributed by atoms with Crippen molar-refractivity contribution in [2.24, 2.45) is 0 Å². The molecule has 0 aliphatic carbocycles. The third-order valence-electron chi connectivity index (χ3n) is 14.3. The smallest absolute Gasteiger partial charge is 0.306 e. The third kappa shape index (κ3) is 56.9. The van der Waals surface area contributed by atoms with E-state index in [1.54, 1.807) is 0 Å². The summed E-state index contributed by atoms with van der Waals surface area (Å²) in [6, 6.07) is 0. The van der Waals surface area contributed by atoms with Crippen LogP contribution in [0.5, 0.6) is 0 Å². The minimum atomic E-state index is -0.767. The van der Waals surface area contributed by atoms with Crippen molar-refractivity contribution < 1.29 is 28.6 Å². The molecule has 408 valence electrons. The van der Waals surface area contributed by atoms with E-state index in [0.29, 0.717) is 19.3 Å². The summed E-state index contributed by atoms with van der Waals surface area (Å²) in [7, 11) is 0. The Morgan fingerprint density at radius 3 is 0.725 bits per heavy atom. The molecule has 6 nitrogen and oxygen atoms in total. The summed E-state index contributed by atoms with van der Waals surface area (Å²) in [5, 5.41) is 0. The summed E-state index contributed by atoms with van der Waals surface area (Å²) in [5.41, 5.74) is 0. The topological polar surface area (TPSA) is 78.9 Å². The Hall–Kier alpha value is -1.85. The second kappa shape index (κ2) is 58.7. The van der Waals surface area contributed by atoms with Crippen LogP contribution in [0.15, 0.2) is 12.2 Å². The fourth-order valence-electron chi connectivity index (χ4n) is 9.56. The van der Waals surface area contributed by atoms with Crippen LogP contribution in [0.25, 0.3) is 0 Å². The molecule has 0 amide bonds. The van der Waals surface area contributed by atoms with E-state index in [0.717, 1.165) is 57.8 Å². The highest BCUT2D eigenvalue weighted by molar-refractivity contribution is 5.71. The summed E-state index contributed by atoms with van der Waals surface area (Å²) in [4.78, 5) is 38.2. The minimum Gasteiger partial charge on any atom is -0.462 e. The number of ether oxygens (including phenoxy) is 3. The van der Waals surface area contributed by atoms with E-state index in [1.807, 2.05) is 0 Å². The molecule has 0 aromatic rings. The Morgan fingerprint density at radius 1 is 0.275 bits per heavy atom. The molecule has 0 spiro atoms. The van der Waals surface area contributed by atoms with Crippen molar-refractivity contribution in [3.8, 4) is 0 Å². The van der Waals surface area contributed by atoms with Crippen LogP contribution >= 0.6 is 0 Å². The summed E-state index contributed by atoms with van der Waals surface area (Å²) < 4.78 is 16.9. The maximum Gasteiger partial charge on any atom is 0.306 e. The monoisotopic (exact) mass is 973 g/mol. The second-order valence-corrected chi connectivity index (χ2v) is 21.3. The fourth-order valence-corrected chi connectivity index (χ4v) is 9.56. The molecule has 0 aliphatic heterocycles. The van der Waals surface area contributed by atoms with Gasteiger partial charge in [-0.05, 0) is 44.9 Å². The van der Waals surface area contributed by atoms with Crippen molar-refractivity contribution in [3.05, 3.63) is 12.2 Å². The largest absolute Gasteiger partial charge is 0.462 e. The fraction of sp³-hybridized carbons (Fsp3) is 0.921. The number of allylic oxidation sites excluding steroid dienone is 2.